The highest BCUT2D eigenvalue weighted by molar-refractivity contribution is 7.22. The number of thiazole rings is 1. The van der Waals surface area contributed by atoms with E-state index in [1.54, 1.807) is 11.3 Å². The third-order valence-electron chi connectivity index (χ3n) is 3.73. The molecule has 8 heteroatoms. The Morgan fingerprint density at radius 3 is 3.00 bits per heavy atom. The van der Waals surface area contributed by atoms with Crippen LogP contribution < -0.4 is 10.6 Å². The monoisotopic (exact) mass is 315 g/mol. The molecule has 0 spiro atoms. The Kier molecular flexibility index (Phi) is 3.04. The minimum atomic E-state index is -0.681. The fourth-order valence-electron chi connectivity index (χ4n) is 2.71. The van der Waals surface area contributed by atoms with Crippen LogP contribution in [0, 0.1) is 0 Å². The summed E-state index contributed by atoms with van der Waals surface area (Å²) in [7, 11) is 0. The molecule has 0 radical (unpaired) electrons. The van der Waals surface area contributed by atoms with Crippen LogP contribution in [0.25, 0.3) is 10.2 Å². The number of amides is 1. The van der Waals surface area contributed by atoms with E-state index in [1.165, 1.54) is 0 Å². The third-order valence-corrected chi connectivity index (χ3v) is 4.80. The average molecular weight is 315 g/mol. The van der Waals surface area contributed by atoms with E-state index in [0.29, 0.717) is 5.89 Å². The predicted molar refractivity (Wildman–Crippen MR) is 81.8 cm³/mol. The summed E-state index contributed by atoms with van der Waals surface area (Å²) in [5, 5.41) is 4.56. The van der Waals surface area contributed by atoms with Crippen LogP contribution in [0.15, 0.2) is 28.8 Å². The number of aromatic nitrogens is 3. The lowest BCUT2D eigenvalue weighted by Crippen LogP contribution is -2.22. The molecule has 0 bridgehead atoms. The van der Waals surface area contributed by atoms with E-state index >= 15 is 0 Å². The molecule has 1 fully saturated rings. The smallest absolute Gasteiger partial charge is 0.290 e. The first kappa shape index (κ1) is 13.2. The highest BCUT2D eigenvalue weighted by atomic mass is 32.1. The van der Waals surface area contributed by atoms with Gasteiger partial charge in [-0.25, -0.2) is 4.98 Å². The summed E-state index contributed by atoms with van der Waals surface area (Å²) in [4.78, 5) is 22.0. The first-order chi connectivity index (χ1) is 10.7. The largest absolute Gasteiger partial charge is 0.363 e. The van der Waals surface area contributed by atoms with Crippen LogP contribution >= 0.6 is 11.3 Å². The van der Waals surface area contributed by atoms with E-state index in [-0.39, 0.29) is 11.9 Å². The Labute approximate surface area is 129 Å². The normalized spacial score (nSPS) is 18.2. The molecule has 0 saturated carbocycles. The van der Waals surface area contributed by atoms with Crippen molar-refractivity contribution in [3.8, 4) is 0 Å². The number of nitrogens with two attached hydrogens (primary N) is 1. The lowest BCUT2D eigenvalue weighted by molar-refractivity contribution is 0.0987. The maximum atomic E-state index is 11.1. The molecule has 2 N–H and O–H groups in total. The first-order valence-corrected chi connectivity index (χ1v) is 7.79. The summed E-state index contributed by atoms with van der Waals surface area (Å²) in [6, 6.07) is 7.98. The Hall–Kier alpha value is -2.48. The van der Waals surface area contributed by atoms with Gasteiger partial charge < -0.3 is 15.2 Å². The van der Waals surface area contributed by atoms with E-state index in [4.69, 9.17) is 10.3 Å². The van der Waals surface area contributed by atoms with Crippen molar-refractivity contribution < 1.29 is 9.32 Å². The summed E-state index contributed by atoms with van der Waals surface area (Å²) in [5.41, 5.74) is 6.16. The van der Waals surface area contributed by atoms with Gasteiger partial charge in [-0.3, -0.25) is 4.79 Å². The van der Waals surface area contributed by atoms with Crippen LogP contribution in [0.5, 0.6) is 0 Å². The zero-order valence-electron chi connectivity index (χ0n) is 11.6. The lowest BCUT2D eigenvalue weighted by Gasteiger charge is -2.20. The average Bonchev–Trinajstić information content (AvgIpc) is 3.24. The maximum absolute atomic E-state index is 11.1. The highest BCUT2D eigenvalue weighted by Crippen LogP contribution is 2.39. The molecule has 1 aliphatic rings. The number of primary amides is 1. The number of para-hydroxylation sites is 1. The van der Waals surface area contributed by atoms with Crippen LogP contribution in [0.2, 0.25) is 0 Å². The van der Waals surface area contributed by atoms with E-state index in [1.807, 2.05) is 18.2 Å². The molecule has 7 nitrogen and oxygen atoms in total. The zero-order chi connectivity index (χ0) is 15.1. The van der Waals surface area contributed by atoms with Crippen LogP contribution in [-0.4, -0.2) is 27.6 Å². The number of nitrogens with zero attached hydrogens (tertiary/aromatic N) is 4. The van der Waals surface area contributed by atoms with Crippen molar-refractivity contribution in [2.45, 2.75) is 18.9 Å². The molecule has 0 aliphatic carbocycles. The van der Waals surface area contributed by atoms with Gasteiger partial charge in [0.2, 0.25) is 5.89 Å². The van der Waals surface area contributed by atoms with Crippen LogP contribution in [-0.2, 0) is 0 Å². The van der Waals surface area contributed by atoms with Crippen molar-refractivity contribution in [2.24, 2.45) is 5.73 Å². The summed E-state index contributed by atoms with van der Waals surface area (Å²) >= 11 is 1.64. The summed E-state index contributed by atoms with van der Waals surface area (Å²) < 4.78 is 6.35. The fraction of sp³-hybridized carbons (Fsp3) is 0.286. The number of carbonyl (C=O) groups excluding carboxylic acids is 1. The zero-order valence-corrected chi connectivity index (χ0v) is 12.4. The number of benzene rings is 1. The van der Waals surface area contributed by atoms with E-state index in [9.17, 15) is 4.79 Å². The van der Waals surface area contributed by atoms with Crippen LogP contribution in [0.1, 0.15) is 35.4 Å². The number of rotatable bonds is 3. The van der Waals surface area contributed by atoms with Crippen LogP contribution in [0.3, 0.4) is 0 Å². The van der Waals surface area contributed by atoms with E-state index in [2.05, 4.69) is 26.1 Å². The second kappa shape index (κ2) is 5.06. The number of anilines is 1. The standard InChI is InChI=1S/C14H13N5O2S/c15-11(20)12-17-13(21-18-12)9-5-3-7-19(9)14-16-8-4-1-2-6-10(8)22-14/h1-2,4,6,9H,3,5,7H2,(H2,15,20)/t9-/m1/s1. The summed E-state index contributed by atoms with van der Waals surface area (Å²) in [6.07, 6.45) is 1.89. The van der Waals surface area contributed by atoms with Gasteiger partial charge in [0.1, 0.15) is 6.04 Å². The molecule has 1 amide bonds. The lowest BCUT2D eigenvalue weighted by atomic mass is 10.2. The van der Waals surface area contributed by atoms with Gasteiger partial charge in [0.05, 0.1) is 10.2 Å². The van der Waals surface area contributed by atoms with Crippen molar-refractivity contribution in [3.63, 3.8) is 0 Å². The molecule has 112 valence electrons. The van der Waals surface area contributed by atoms with Gasteiger partial charge in [-0.15, -0.1) is 0 Å². The summed E-state index contributed by atoms with van der Waals surface area (Å²) in [5.74, 6) is -0.337. The fourth-order valence-corrected chi connectivity index (χ4v) is 3.75. The molecule has 2 aromatic heterocycles. The van der Waals surface area contributed by atoms with Crippen molar-refractivity contribution in [1.82, 2.24) is 15.1 Å². The van der Waals surface area contributed by atoms with Gasteiger partial charge in [0, 0.05) is 6.54 Å². The van der Waals surface area contributed by atoms with Crippen molar-refractivity contribution in [2.75, 3.05) is 11.4 Å². The minimum Gasteiger partial charge on any atom is -0.363 e. The first-order valence-electron chi connectivity index (χ1n) is 6.98. The second-order valence-electron chi connectivity index (χ2n) is 5.14. The third kappa shape index (κ3) is 2.12. The molecular formula is C14H13N5O2S. The molecule has 22 heavy (non-hydrogen) atoms. The van der Waals surface area contributed by atoms with Gasteiger partial charge in [-0.1, -0.05) is 28.6 Å². The highest BCUT2D eigenvalue weighted by Gasteiger charge is 2.33. The van der Waals surface area contributed by atoms with Gasteiger partial charge in [-0.05, 0) is 25.0 Å². The molecule has 1 saturated heterocycles. The Bertz CT molecular complexity index is 810. The Morgan fingerprint density at radius 2 is 2.23 bits per heavy atom. The van der Waals surface area contributed by atoms with Gasteiger partial charge in [0.25, 0.3) is 11.7 Å². The SMILES string of the molecule is NC(=O)c1noc([C@H]2CCCN2c2nc3ccccc3s2)n1. The molecule has 4 rings (SSSR count). The molecule has 3 aromatic rings. The summed E-state index contributed by atoms with van der Waals surface area (Å²) in [6.45, 7) is 0.874. The molecule has 1 atom stereocenters. The second-order valence-corrected chi connectivity index (χ2v) is 6.15. The maximum Gasteiger partial charge on any atom is 0.290 e. The van der Waals surface area contributed by atoms with E-state index < -0.39 is 5.91 Å². The van der Waals surface area contributed by atoms with Crippen molar-refractivity contribution >= 4 is 32.6 Å². The quantitative estimate of drug-likeness (QED) is 0.795. The number of hydrogen-bond donors (Lipinski definition) is 1. The molecule has 1 aliphatic heterocycles. The molecule has 0 unspecified atom stereocenters. The van der Waals surface area contributed by atoms with Gasteiger partial charge in [0.15, 0.2) is 5.13 Å². The minimum absolute atomic E-state index is 0.0545. The van der Waals surface area contributed by atoms with Gasteiger partial charge >= 0.3 is 0 Å². The number of fused-ring (bicyclic) bond motifs is 1. The molecular weight excluding hydrogens is 302 g/mol. The topological polar surface area (TPSA) is 98.1 Å². The van der Waals surface area contributed by atoms with Crippen molar-refractivity contribution in [3.05, 3.63) is 36.0 Å². The number of hydrogen-bond acceptors (Lipinski definition) is 7. The molecule has 1 aromatic carbocycles. The van der Waals surface area contributed by atoms with Crippen LogP contribution in [0.4, 0.5) is 5.13 Å². The number of carbonyl (C=O) groups is 1. The predicted octanol–water partition coefficient (Wildman–Crippen LogP) is 2.12. The van der Waals surface area contributed by atoms with Crippen molar-refractivity contribution in [1.29, 1.82) is 0 Å². The van der Waals surface area contributed by atoms with E-state index in [0.717, 1.165) is 34.7 Å². The Morgan fingerprint density at radius 1 is 1.36 bits per heavy atom. The van der Waals surface area contributed by atoms with Gasteiger partial charge in [-0.2, -0.15) is 4.98 Å². The molecule has 3 heterocycles. The Balaban J connectivity index is 1.69.